The molecule has 9 aromatic rings. The molecule has 1 heterocycles. The zero-order chi connectivity index (χ0) is 37.8. The third kappa shape index (κ3) is 4.85. The van der Waals surface area contributed by atoms with E-state index in [1.807, 2.05) is 11.3 Å². The number of rotatable bonds is 5. The van der Waals surface area contributed by atoms with Crippen LogP contribution in [0.3, 0.4) is 0 Å². The van der Waals surface area contributed by atoms with Crippen LogP contribution in [0.25, 0.3) is 64.7 Å². The number of hydrogen-bond donors (Lipinski definition) is 0. The molecule has 0 saturated carbocycles. The van der Waals surface area contributed by atoms with E-state index >= 15 is 0 Å². The molecule has 11 rings (SSSR count). The molecule has 0 N–H and O–H groups in total. The van der Waals surface area contributed by atoms with E-state index in [-0.39, 0.29) is 10.8 Å². The molecule has 0 radical (unpaired) electrons. The fraction of sp³-hybridized carbons (Fsp3) is 0.111. The van der Waals surface area contributed by atoms with E-state index in [0.29, 0.717) is 0 Å². The van der Waals surface area contributed by atoms with Crippen LogP contribution in [0.1, 0.15) is 49.9 Å². The molecule has 0 saturated heterocycles. The van der Waals surface area contributed by atoms with Gasteiger partial charge < -0.3 is 4.90 Å². The quantitative estimate of drug-likeness (QED) is 0.170. The Morgan fingerprint density at radius 2 is 0.964 bits per heavy atom. The molecule has 1 aromatic heterocycles. The highest BCUT2D eigenvalue weighted by atomic mass is 32.1. The standard InChI is InChI=1S/C54H41NS/c1-53(2)45-18-8-5-15-40(45)43-32-37(25-29-47(43)53)35-13-11-14-39(31-35)55(49-21-12-20-48-52(49)42-17-6-9-19-46(42)54(48,3)4)38-27-23-34(24-28-38)36-26-30-51-44(33-36)41-16-7-10-22-50(41)56-51/h5-33H,1-4H3. The van der Waals surface area contributed by atoms with Crippen molar-refractivity contribution in [1.82, 2.24) is 0 Å². The van der Waals surface area contributed by atoms with Gasteiger partial charge in [0.15, 0.2) is 0 Å². The van der Waals surface area contributed by atoms with Gasteiger partial charge in [-0.1, -0.05) is 149 Å². The first-order chi connectivity index (χ1) is 27.3. The van der Waals surface area contributed by atoms with Crippen molar-refractivity contribution in [3.8, 4) is 44.5 Å². The number of hydrogen-bond acceptors (Lipinski definition) is 2. The zero-order valence-corrected chi connectivity index (χ0v) is 32.9. The Morgan fingerprint density at radius 3 is 1.80 bits per heavy atom. The van der Waals surface area contributed by atoms with E-state index in [0.717, 1.165) is 11.4 Å². The molecule has 0 amide bonds. The second-order valence-corrected chi connectivity index (χ2v) is 17.6. The monoisotopic (exact) mass is 735 g/mol. The van der Waals surface area contributed by atoms with Crippen LogP contribution in [-0.2, 0) is 10.8 Å². The van der Waals surface area contributed by atoms with Crippen molar-refractivity contribution in [1.29, 1.82) is 0 Å². The van der Waals surface area contributed by atoms with E-state index in [9.17, 15) is 0 Å². The summed E-state index contributed by atoms with van der Waals surface area (Å²) < 4.78 is 2.66. The summed E-state index contributed by atoms with van der Waals surface area (Å²) in [5.41, 5.74) is 19.1. The SMILES string of the molecule is CC1(C)c2ccccc2-c2cc(-c3cccc(N(c4ccc(-c5ccc6sc7ccccc7c6c5)cc4)c4cccc5c4-c4ccccc4C5(C)C)c3)ccc21. The van der Waals surface area contributed by atoms with E-state index in [4.69, 9.17) is 0 Å². The predicted molar refractivity (Wildman–Crippen MR) is 240 cm³/mol. The first-order valence-electron chi connectivity index (χ1n) is 19.7. The average molecular weight is 736 g/mol. The van der Waals surface area contributed by atoms with Crippen LogP contribution in [0.4, 0.5) is 17.1 Å². The molecular formula is C54H41NS. The zero-order valence-electron chi connectivity index (χ0n) is 32.1. The van der Waals surface area contributed by atoms with Crippen molar-refractivity contribution in [3.05, 3.63) is 198 Å². The van der Waals surface area contributed by atoms with Gasteiger partial charge in [0.25, 0.3) is 0 Å². The maximum Gasteiger partial charge on any atom is 0.0543 e. The van der Waals surface area contributed by atoms with Crippen molar-refractivity contribution in [2.45, 2.75) is 38.5 Å². The Hall–Kier alpha value is -6.22. The molecule has 8 aromatic carbocycles. The van der Waals surface area contributed by atoms with E-state index in [2.05, 4.69) is 209 Å². The molecule has 268 valence electrons. The number of anilines is 3. The average Bonchev–Trinajstić information content (AvgIpc) is 3.81. The lowest BCUT2D eigenvalue weighted by Gasteiger charge is -2.29. The van der Waals surface area contributed by atoms with Crippen LogP contribution in [-0.4, -0.2) is 0 Å². The Labute approximate surface area is 333 Å². The largest absolute Gasteiger partial charge is 0.310 e. The molecule has 56 heavy (non-hydrogen) atoms. The Bertz CT molecular complexity index is 3030. The molecule has 0 unspecified atom stereocenters. The maximum absolute atomic E-state index is 2.48. The summed E-state index contributed by atoms with van der Waals surface area (Å²) in [5.74, 6) is 0. The van der Waals surface area contributed by atoms with Crippen molar-refractivity contribution in [2.75, 3.05) is 4.90 Å². The number of benzene rings is 8. The molecule has 0 aliphatic heterocycles. The van der Waals surface area contributed by atoms with Crippen molar-refractivity contribution >= 4 is 48.6 Å². The Balaban J connectivity index is 1.06. The fourth-order valence-electron chi connectivity index (χ4n) is 9.78. The van der Waals surface area contributed by atoms with Gasteiger partial charge in [-0.2, -0.15) is 0 Å². The van der Waals surface area contributed by atoms with Gasteiger partial charge in [-0.3, -0.25) is 0 Å². The van der Waals surface area contributed by atoms with Gasteiger partial charge >= 0.3 is 0 Å². The normalized spacial score (nSPS) is 14.4. The third-order valence-corrected chi connectivity index (χ3v) is 13.8. The van der Waals surface area contributed by atoms with Crippen LogP contribution in [0.15, 0.2) is 176 Å². The first-order valence-corrected chi connectivity index (χ1v) is 20.5. The summed E-state index contributed by atoms with van der Waals surface area (Å²) >= 11 is 1.87. The summed E-state index contributed by atoms with van der Waals surface area (Å²) in [7, 11) is 0. The van der Waals surface area contributed by atoms with Crippen molar-refractivity contribution in [3.63, 3.8) is 0 Å². The minimum atomic E-state index is -0.0989. The van der Waals surface area contributed by atoms with Crippen LogP contribution in [0.2, 0.25) is 0 Å². The maximum atomic E-state index is 2.48. The summed E-state index contributed by atoms with van der Waals surface area (Å²) in [6.45, 7) is 9.42. The van der Waals surface area contributed by atoms with Crippen molar-refractivity contribution in [2.24, 2.45) is 0 Å². The van der Waals surface area contributed by atoms with Crippen LogP contribution in [0, 0.1) is 0 Å². The fourth-order valence-corrected chi connectivity index (χ4v) is 10.9. The first kappa shape index (κ1) is 33.1. The molecule has 0 spiro atoms. The highest BCUT2D eigenvalue weighted by Crippen LogP contribution is 2.55. The summed E-state index contributed by atoms with van der Waals surface area (Å²) in [6.07, 6.45) is 0. The van der Waals surface area contributed by atoms with Gasteiger partial charge in [-0.05, 0) is 116 Å². The van der Waals surface area contributed by atoms with E-state index in [1.54, 1.807) is 0 Å². The van der Waals surface area contributed by atoms with Gasteiger partial charge in [0.2, 0.25) is 0 Å². The molecule has 2 aliphatic carbocycles. The summed E-state index contributed by atoms with van der Waals surface area (Å²) in [4.78, 5) is 2.48. The topological polar surface area (TPSA) is 3.24 Å². The molecule has 0 atom stereocenters. The lowest BCUT2D eigenvalue weighted by atomic mass is 9.82. The van der Waals surface area contributed by atoms with Crippen LogP contribution < -0.4 is 4.90 Å². The molecule has 1 nitrogen and oxygen atoms in total. The lowest BCUT2D eigenvalue weighted by Crippen LogP contribution is -2.16. The molecule has 0 fully saturated rings. The van der Waals surface area contributed by atoms with Gasteiger partial charge in [0, 0.05) is 47.9 Å². The Morgan fingerprint density at radius 1 is 0.375 bits per heavy atom. The minimum Gasteiger partial charge on any atom is -0.310 e. The molecular weight excluding hydrogens is 695 g/mol. The van der Waals surface area contributed by atoms with Gasteiger partial charge in [-0.15, -0.1) is 11.3 Å². The lowest BCUT2D eigenvalue weighted by molar-refractivity contribution is 0.660. The van der Waals surface area contributed by atoms with Crippen LogP contribution >= 0.6 is 11.3 Å². The van der Waals surface area contributed by atoms with E-state index in [1.165, 1.54) is 92.6 Å². The van der Waals surface area contributed by atoms with Crippen LogP contribution in [0.5, 0.6) is 0 Å². The third-order valence-electron chi connectivity index (χ3n) is 12.7. The second kappa shape index (κ2) is 12.1. The van der Waals surface area contributed by atoms with E-state index < -0.39 is 0 Å². The summed E-state index contributed by atoms with van der Waals surface area (Å²) in [5, 5.41) is 2.65. The number of nitrogens with zero attached hydrogens (tertiary/aromatic N) is 1. The highest BCUT2D eigenvalue weighted by molar-refractivity contribution is 7.25. The molecule has 0 bridgehead atoms. The smallest absolute Gasteiger partial charge is 0.0543 e. The Kier molecular flexibility index (Phi) is 7.18. The number of thiophene rings is 1. The minimum absolute atomic E-state index is 0.0176. The van der Waals surface area contributed by atoms with Gasteiger partial charge in [0.1, 0.15) is 0 Å². The summed E-state index contributed by atoms with van der Waals surface area (Å²) in [6, 6.07) is 65.8. The highest BCUT2D eigenvalue weighted by Gasteiger charge is 2.38. The predicted octanol–water partition coefficient (Wildman–Crippen LogP) is 15.5. The second-order valence-electron chi connectivity index (χ2n) is 16.5. The molecule has 2 heteroatoms. The van der Waals surface area contributed by atoms with Crippen molar-refractivity contribution < 1.29 is 0 Å². The number of fused-ring (bicyclic) bond motifs is 9. The molecule has 2 aliphatic rings. The van der Waals surface area contributed by atoms with Gasteiger partial charge in [-0.25, -0.2) is 0 Å². The van der Waals surface area contributed by atoms with Gasteiger partial charge in [0.05, 0.1) is 5.69 Å².